The molecule has 0 spiro atoms. The predicted octanol–water partition coefficient (Wildman–Crippen LogP) is 4.23. The monoisotopic (exact) mass is 448 g/mol. The van der Waals surface area contributed by atoms with E-state index in [0.29, 0.717) is 22.6 Å². The Kier molecular flexibility index (Phi) is 5.99. The highest BCUT2D eigenvalue weighted by Crippen LogP contribution is 2.27. The highest BCUT2D eigenvalue weighted by molar-refractivity contribution is 6.39. The largest absolute Gasteiger partial charge is 0.496 e. The predicted molar refractivity (Wildman–Crippen MR) is 118 cm³/mol. The standard InChI is InChI=1S/C25H18F2N2O4/c1-33-22-14-16(9-10-17(22)11-15-5-4-6-18(26)12-15)13-19-23(30)28-25(32)29(24(19)31)21-8-3-2-7-20(21)27/h2-10,12-14H,11H2,1H3,(H,28,30,32)/b19-13-. The van der Waals surface area contributed by atoms with Crippen LogP contribution in [0.4, 0.5) is 19.3 Å². The summed E-state index contributed by atoms with van der Waals surface area (Å²) in [4.78, 5) is 38.1. The van der Waals surface area contributed by atoms with E-state index in [9.17, 15) is 23.2 Å². The fourth-order valence-electron chi connectivity index (χ4n) is 3.54. The Hall–Kier alpha value is -4.33. The number of halogens is 2. The van der Waals surface area contributed by atoms with Crippen molar-refractivity contribution in [3.05, 3.63) is 101 Å². The van der Waals surface area contributed by atoms with Gasteiger partial charge < -0.3 is 4.74 Å². The number of para-hydroxylation sites is 1. The normalized spacial score (nSPS) is 15.1. The van der Waals surface area contributed by atoms with E-state index in [2.05, 4.69) is 5.32 Å². The number of carbonyl (C=O) groups is 3. The van der Waals surface area contributed by atoms with Crippen molar-refractivity contribution in [3.63, 3.8) is 0 Å². The number of anilines is 1. The van der Waals surface area contributed by atoms with Gasteiger partial charge in [-0.3, -0.25) is 14.9 Å². The van der Waals surface area contributed by atoms with Crippen LogP contribution in [-0.2, 0) is 16.0 Å². The molecule has 4 rings (SSSR count). The van der Waals surface area contributed by atoms with Crippen LogP contribution >= 0.6 is 0 Å². The van der Waals surface area contributed by atoms with Crippen LogP contribution in [0, 0.1) is 11.6 Å². The van der Waals surface area contributed by atoms with E-state index in [1.165, 1.54) is 43.5 Å². The molecule has 8 heteroatoms. The molecule has 0 bridgehead atoms. The van der Waals surface area contributed by atoms with Crippen molar-refractivity contribution in [3.8, 4) is 5.75 Å². The van der Waals surface area contributed by atoms with Gasteiger partial charge in [-0.25, -0.2) is 18.5 Å². The van der Waals surface area contributed by atoms with Gasteiger partial charge in [0.05, 0.1) is 12.8 Å². The maximum atomic E-state index is 14.2. The zero-order valence-electron chi connectivity index (χ0n) is 17.5. The molecule has 0 radical (unpaired) electrons. The molecule has 1 heterocycles. The number of barbiturate groups is 1. The zero-order chi connectivity index (χ0) is 23.5. The number of urea groups is 1. The SMILES string of the molecule is COc1cc(/C=C2/C(=O)NC(=O)N(c3ccccc3F)C2=O)ccc1Cc1cccc(F)c1. The molecule has 1 N–H and O–H groups in total. The quantitative estimate of drug-likeness (QED) is 0.468. The van der Waals surface area contributed by atoms with Crippen molar-refractivity contribution < 1.29 is 27.9 Å². The molecule has 33 heavy (non-hydrogen) atoms. The number of hydrogen-bond acceptors (Lipinski definition) is 4. The van der Waals surface area contributed by atoms with Gasteiger partial charge in [-0.1, -0.05) is 36.4 Å². The van der Waals surface area contributed by atoms with Gasteiger partial charge in [0.2, 0.25) is 0 Å². The molecule has 0 saturated carbocycles. The lowest BCUT2D eigenvalue weighted by molar-refractivity contribution is -0.122. The number of nitrogens with zero attached hydrogens (tertiary/aromatic N) is 1. The van der Waals surface area contributed by atoms with Gasteiger partial charge in [0.15, 0.2) is 0 Å². The molecule has 0 aliphatic carbocycles. The van der Waals surface area contributed by atoms with Gasteiger partial charge in [0, 0.05) is 6.42 Å². The van der Waals surface area contributed by atoms with Crippen LogP contribution in [0.25, 0.3) is 6.08 Å². The molecular formula is C25H18F2N2O4. The Balaban J connectivity index is 1.67. The van der Waals surface area contributed by atoms with Crippen molar-refractivity contribution in [2.75, 3.05) is 12.0 Å². The van der Waals surface area contributed by atoms with Crippen LogP contribution in [0.3, 0.4) is 0 Å². The molecule has 1 saturated heterocycles. The Labute approximate surface area is 188 Å². The van der Waals surface area contributed by atoms with Gasteiger partial charge in [0.1, 0.15) is 23.0 Å². The summed E-state index contributed by atoms with van der Waals surface area (Å²) in [5.74, 6) is -2.49. The van der Waals surface area contributed by atoms with Gasteiger partial charge in [-0.05, 0) is 53.1 Å². The molecule has 3 aromatic rings. The second-order valence-electron chi connectivity index (χ2n) is 7.29. The third-order valence-electron chi connectivity index (χ3n) is 5.10. The minimum Gasteiger partial charge on any atom is -0.496 e. The molecule has 3 aromatic carbocycles. The first kappa shape index (κ1) is 21.9. The lowest BCUT2D eigenvalue weighted by atomic mass is 10.0. The summed E-state index contributed by atoms with van der Waals surface area (Å²) in [5, 5.41) is 2.06. The number of methoxy groups -OCH3 is 1. The van der Waals surface area contributed by atoms with Crippen molar-refractivity contribution in [2.24, 2.45) is 0 Å². The number of amides is 4. The van der Waals surface area contributed by atoms with Crippen LogP contribution in [0.15, 0.2) is 72.3 Å². The molecule has 0 atom stereocenters. The number of carbonyl (C=O) groups excluding carboxylic acids is 3. The fourth-order valence-corrected chi connectivity index (χ4v) is 3.54. The first-order chi connectivity index (χ1) is 15.9. The summed E-state index contributed by atoms with van der Waals surface area (Å²) in [5.41, 5.74) is 1.38. The highest BCUT2D eigenvalue weighted by atomic mass is 19.1. The Morgan fingerprint density at radius 2 is 1.76 bits per heavy atom. The molecule has 1 fully saturated rings. The first-order valence-electron chi connectivity index (χ1n) is 9.94. The maximum Gasteiger partial charge on any atom is 0.336 e. The van der Waals surface area contributed by atoms with Crippen LogP contribution in [0.5, 0.6) is 5.75 Å². The molecule has 1 aliphatic rings. The number of hydrogen-bond donors (Lipinski definition) is 1. The second-order valence-corrected chi connectivity index (χ2v) is 7.29. The summed E-state index contributed by atoms with van der Waals surface area (Å²) in [6, 6.07) is 15.4. The van der Waals surface area contributed by atoms with E-state index in [0.717, 1.165) is 17.2 Å². The van der Waals surface area contributed by atoms with Crippen LogP contribution in [-0.4, -0.2) is 25.0 Å². The summed E-state index contributed by atoms with van der Waals surface area (Å²) in [7, 11) is 1.47. The van der Waals surface area contributed by atoms with Crippen LogP contribution < -0.4 is 15.0 Å². The number of ether oxygens (including phenoxy) is 1. The maximum absolute atomic E-state index is 14.2. The molecular weight excluding hydrogens is 430 g/mol. The number of imide groups is 2. The summed E-state index contributed by atoms with van der Waals surface area (Å²) in [6.45, 7) is 0. The number of nitrogens with one attached hydrogen (secondary N) is 1. The molecule has 0 unspecified atom stereocenters. The smallest absolute Gasteiger partial charge is 0.336 e. The van der Waals surface area contributed by atoms with Gasteiger partial charge >= 0.3 is 6.03 Å². The average molecular weight is 448 g/mol. The van der Waals surface area contributed by atoms with Crippen molar-refractivity contribution in [1.29, 1.82) is 0 Å². The van der Waals surface area contributed by atoms with E-state index in [4.69, 9.17) is 4.74 Å². The summed E-state index contributed by atoms with van der Waals surface area (Å²) >= 11 is 0. The molecule has 0 aromatic heterocycles. The Bertz CT molecular complexity index is 1300. The molecule has 166 valence electrons. The Morgan fingerprint density at radius 3 is 2.48 bits per heavy atom. The van der Waals surface area contributed by atoms with E-state index < -0.39 is 23.7 Å². The van der Waals surface area contributed by atoms with Crippen LogP contribution in [0.1, 0.15) is 16.7 Å². The Morgan fingerprint density at radius 1 is 0.970 bits per heavy atom. The minimum atomic E-state index is -1.03. The van der Waals surface area contributed by atoms with Gasteiger partial charge in [-0.15, -0.1) is 0 Å². The third-order valence-corrected chi connectivity index (χ3v) is 5.10. The number of rotatable bonds is 5. The molecule has 1 aliphatic heterocycles. The van der Waals surface area contributed by atoms with Crippen molar-refractivity contribution >= 4 is 29.6 Å². The third kappa shape index (κ3) is 4.50. The highest BCUT2D eigenvalue weighted by Gasteiger charge is 2.37. The van der Waals surface area contributed by atoms with Crippen LogP contribution in [0.2, 0.25) is 0 Å². The minimum absolute atomic E-state index is 0.263. The fraction of sp³-hybridized carbons (Fsp3) is 0.0800. The van der Waals surface area contributed by atoms with Gasteiger partial charge in [0.25, 0.3) is 11.8 Å². The summed E-state index contributed by atoms with van der Waals surface area (Å²) < 4.78 is 33.1. The van der Waals surface area contributed by atoms with E-state index in [1.807, 2.05) is 0 Å². The van der Waals surface area contributed by atoms with E-state index >= 15 is 0 Å². The lowest BCUT2D eigenvalue weighted by Gasteiger charge is -2.26. The number of benzene rings is 3. The van der Waals surface area contributed by atoms with E-state index in [1.54, 1.807) is 30.3 Å². The topological polar surface area (TPSA) is 75.7 Å². The van der Waals surface area contributed by atoms with Crippen molar-refractivity contribution in [1.82, 2.24) is 5.32 Å². The summed E-state index contributed by atoms with van der Waals surface area (Å²) in [6.07, 6.45) is 1.71. The average Bonchev–Trinajstić information content (AvgIpc) is 2.78. The molecule has 4 amide bonds. The second kappa shape index (κ2) is 9.04. The van der Waals surface area contributed by atoms with Gasteiger partial charge in [-0.2, -0.15) is 0 Å². The first-order valence-corrected chi connectivity index (χ1v) is 9.94. The van der Waals surface area contributed by atoms with Crippen molar-refractivity contribution in [2.45, 2.75) is 6.42 Å². The van der Waals surface area contributed by atoms with E-state index in [-0.39, 0.29) is 17.1 Å². The zero-order valence-corrected chi connectivity index (χ0v) is 17.5. The molecule has 6 nitrogen and oxygen atoms in total. The lowest BCUT2D eigenvalue weighted by Crippen LogP contribution is -2.54.